The Kier molecular flexibility index (Phi) is 5.98. The second-order valence-electron chi connectivity index (χ2n) is 6.08. The van der Waals surface area contributed by atoms with E-state index >= 15 is 0 Å². The molecule has 0 spiro atoms. The summed E-state index contributed by atoms with van der Waals surface area (Å²) in [4.78, 5) is 0. The van der Waals surface area contributed by atoms with Crippen LogP contribution in [0, 0.1) is 0 Å². The SMILES string of the molecule is O=S(=O)(O)C(c1cccc(Cl)c1)(c1cc(Cl)c(O)cc1O)c1c(Cl)cccc1Cl. The Morgan fingerprint density at radius 1 is 0.759 bits per heavy atom. The van der Waals surface area contributed by atoms with E-state index in [-0.39, 0.29) is 36.8 Å². The zero-order valence-electron chi connectivity index (χ0n) is 14.3. The van der Waals surface area contributed by atoms with Gasteiger partial charge in [0, 0.05) is 32.3 Å². The molecule has 3 aromatic rings. The fourth-order valence-electron chi connectivity index (χ4n) is 3.23. The van der Waals surface area contributed by atoms with Gasteiger partial charge in [-0.25, -0.2) is 0 Å². The van der Waals surface area contributed by atoms with Gasteiger partial charge in [0.15, 0.2) is 4.75 Å². The number of aromatic hydroxyl groups is 2. The van der Waals surface area contributed by atoms with Gasteiger partial charge in [-0.05, 0) is 35.9 Å². The van der Waals surface area contributed by atoms with Gasteiger partial charge < -0.3 is 10.2 Å². The molecule has 3 aromatic carbocycles. The molecule has 29 heavy (non-hydrogen) atoms. The Morgan fingerprint density at radius 2 is 1.34 bits per heavy atom. The van der Waals surface area contributed by atoms with Crippen LogP contribution in [-0.2, 0) is 14.9 Å². The number of rotatable bonds is 4. The van der Waals surface area contributed by atoms with Gasteiger partial charge in [0.1, 0.15) is 11.5 Å². The third-order valence-electron chi connectivity index (χ3n) is 4.38. The standard InChI is InChI=1S/C19H12Cl4O5S/c20-11-4-1-3-10(7-11)19(29(26,27)28,18-13(21)5-2-6-14(18)22)12-8-15(23)17(25)9-16(12)24/h1-9,24-25H,(H,26,27,28). The number of hydrogen-bond acceptors (Lipinski definition) is 4. The molecule has 0 radical (unpaired) electrons. The van der Waals surface area contributed by atoms with Crippen LogP contribution in [-0.4, -0.2) is 23.2 Å². The molecular formula is C19H12Cl4O5S. The zero-order valence-corrected chi connectivity index (χ0v) is 18.1. The lowest BCUT2D eigenvalue weighted by Crippen LogP contribution is -2.39. The van der Waals surface area contributed by atoms with Crippen molar-refractivity contribution in [2.24, 2.45) is 0 Å². The Labute approximate surface area is 186 Å². The molecule has 0 aliphatic heterocycles. The molecule has 5 nitrogen and oxygen atoms in total. The molecule has 0 aliphatic carbocycles. The Balaban J connectivity index is 2.66. The molecule has 152 valence electrons. The van der Waals surface area contributed by atoms with Gasteiger partial charge in [0.2, 0.25) is 0 Å². The summed E-state index contributed by atoms with van der Waals surface area (Å²) in [5, 5.41) is 20.1. The minimum atomic E-state index is -5.13. The highest BCUT2D eigenvalue weighted by Crippen LogP contribution is 2.52. The van der Waals surface area contributed by atoms with Crippen molar-refractivity contribution in [1.29, 1.82) is 0 Å². The maximum Gasteiger partial charge on any atom is 0.283 e. The highest BCUT2D eigenvalue weighted by molar-refractivity contribution is 7.87. The molecule has 1 atom stereocenters. The molecule has 0 bridgehead atoms. The van der Waals surface area contributed by atoms with Crippen LogP contribution in [0.4, 0.5) is 0 Å². The third-order valence-corrected chi connectivity index (χ3v) is 6.98. The summed E-state index contributed by atoms with van der Waals surface area (Å²) in [5.74, 6) is -1.16. The quantitative estimate of drug-likeness (QED) is 0.311. The van der Waals surface area contributed by atoms with E-state index in [1.807, 2.05) is 0 Å². The first-order valence-electron chi connectivity index (χ1n) is 7.89. The largest absolute Gasteiger partial charge is 0.507 e. The van der Waals surface area contributed by atoms with E-state index in [0.29, 0.717) is 0 Å². The molecule has 0 aromatic heterocycles. The molecule has 0 heterocycles. The fraction of sp³-hybridized carbons (Fsp3) is 0.0526. The molecule has 3 N–H and O–H groups in total. The molecule has 3 rings (SSSR count). The van der Waals surface area contributed by atoms with E-state index in [1.54, 1.807) is 0 Å². The highest BCUT2D eigenvalue weighted by Gasteiger charge is 2.52. The van der Waals surface area contributed by atoms with Crippen molar-refractivity contribution >= 4 is 56.5 Å². The maximum absolute atomic E-state index is 13.0. The van der Waals surface area contributed by atoms with Crippen LogP contribution in [0.2, 0.25) is 20.1 Å². The summed E-state index contributed by atoms with van der Waals surface area (Å²) < 4.78 is 34.0. The van der Waals surface area contributed by atoms with Crippen LogP contribution < -0.4 is 0 Å². The van der Waals surface area contributed by atoms with Gasteiger partial charge in [-0.1, -0.05) is 64.6 Å². The van der Waals surface area contributed by atoms with Crippen LogP contribution in [0.3, 0.4) is 0 Å². The summed E-state index contributed by atoms with van der Waals surface area (Å²) >= 11 is 24.7. The topological polar surface area (TPSA) is 94.8 Å². The first-order valence-corrected chi connectivity index (χ1v) is 10.8. The van der Waals surface area contributed by atoms with Crippen molar-refractivity contribution < 1.29 is 23.2 Å². The zero-order chi connectivity index (χ0) is 21.6. The van der Waals surface area contributed by atoms with Crippen molar-refractivity contribution in [3.8, 4) is 11.5 Å². The van der Waals surface area contributed by atoms with Crippen LogP contribution in [0.25, 0.3) is 0 Å². The smallest absolute Gasteiger partial charge is 0.283 e. The molecule has 10 heteroatoms. The average Bonchev–Trinajstić information content (AvgIpc) is 2.61. The molecular weight excluding hydrogens is 482 g/mol. The second-order valence-corrected chi connectivity index (χ2v) is 9.30. The summed E-state index contributed by atoms with van der Waals surface area (Å²) in [6, 6.07) is 11.7. The Morgan fingerprint density at radius 3 is 1.90 bits per heavy atom. The Bertz CT molecular complexity index is 1190. The minimum absolute atomic E-state index is 0.0560. The van der Waals surface area contributed by atoms with Gasteiger partial charge >= 0.3 is 0 Å². The molecule has 0 saturated carbocycles. The number of phenolic OH excluding ortho intramolecular Hbond substituents is 2. The predicted molar refractivity (Wildman–Crippen MR) is 114 cm³/mol. The molecule has 1 unspecified atom stereocenters. The molecule has 0 fully saturated rings. The number of halogens is 4. The van der Waals surface area contributed by atoms with Crippen molar-refractivity contribution in [2.45, 2.75) is 4.75 Å². The number of phenols is 2. The van der Waals surface area contributed by atoms with Crippen molar-refractivity contribution in [3.05, 3.63) is 91.4 Å². The van der Waals surface area contributed by atoms with Crippen molar-refractivity contribution in [2.75, 3.05) is 0 Å². The van der Waals surface area contributed by atoms with E-state index < -0.39 is 26.4 Å². The van der Waals surface area contributed by atoms with Gasteiger partial charge in [-0.3, -0.25) is 4.55 Å². The fourth-order valence-corrected chi connectivity index (χ4v) is 5.72. The van der Waals surface area contributed by atoms with E-state index in [2.05, 4.69) is 0 Å². The summed E-state index contributed by atoms with van der Waals surface area (Å²) in [6.07, 6.45) is 0. The normalized spacial score (nSPS) is 13.8. The number of hydrogen-bond donors (Lipinski definition) is 3. The average molecular weight is 494 g/mol. The molecule has 0 amide bonds. The number of benzene rings is 3. The van der Waals surface area contributed by atoms with Gasteiger partial charge in [-0.15, -0.1) is 0 Å². The third kappa shape index (κ3) is 3.65. The Hall–Kier alpha value is -1.67. The van der Waals surface area contributed by atoms with Crippen LogP contribution in [0.1, 0.15) is 16.7 Å². The summed E-state index contributed by atoms with van der Waals surface area (Å²) in [5.41, 5.74) is -0.648. The van der Waals surface area contributed by atoms with Gasteiger partial charge in [-0.2, -0.15) is 8.42 Å². The van der Waals surface area contributed by atoms with Gasteiger partial charge in [0.05, 0.1) is 5.02 Å². The van der Waals surface area contributed by atoms with Crippen LogP contribution >= 0.6 is 46.4 Å². The maximum atomic E-state index is 13.0. The van der Waals surface area contributed by atoms with E-state index in [9.17, 15) is 23.2 Å². The van der Waals surface area contributed by atoms with Crippen LogP contribution in [0.15, 0.2) is 54.6 Å². The minimum Gasteiger partial charge on any atom is -0.507 e. The lowest BCUT2D eigenvalue weighted by molar-refractivity contribution is 0.431. The van der Waals surface area contributed by atoms with E-state index in [1.165, 1.54) is 42.5 Å². The molecule has 0 saturated heterocycles. The highest BCUT2D eigenvalue weighted by atomic mass is 35.5. The predicted octanol–water partition coefficient (Wildman–Crippen LogP) is 5.89. The first kappa shape index (κ1) is 22.0. The van der Waals surface area contributed by atoms with E-state index in [4.69, 9.17) is 46.4 Å². The second kappa shape index (κ2) is 7.87. The van der Waals surface area contributed by atoms with Gasteiger partial charge in [0.25, 0.3) is 10.1 Å². The monoisotopic (exact) mass is 492 g/mol. The van der Waals surface area contributed by atoms with Crippen molar-refractivity contribution in [3.63, 3.8) is 0 Å². The lowest BCUT2D eigenvalue weighted by Gasteiger charge is -2.34. The summed E-state index contributed by atoms with van der Waals surface area (Å²) in [7, 11) is -5.13. The summed E-state index contributed by atoms with van der Waals surface area (Å²) in [6.45, 7) is 0. The molecule has 0 aliphatic rings. The lowest BCUT2D eigenvalue weighted by atomic mass is 9.83. The van der Waals surface area contributed by atoms with Crippen LogP contribution in [0.5, 0.6) is 11.5 Å². The first-order chi connectivity index (χ1) is 13.5. The van der Waals surface area contributed by atoms with Crippen molar-refractivity contribution in [1.82, 2.24) is 0 Å². The van der Waals surface area contributed by atoms with E-state index in [0.717, 1.165) is 12.1 Å².